The van der Waals surface area contributed by atoms with Crippen LogP contribution in [0.4, 0.5) is 0 Å². The van der Waals surface area contributed by atoms with E-state index in [-0.39, 0.29) is 11.8 Å². The number of hydrogen-bond donors (Lipinski definition) is 1. The number of carbonyl (C=O) groups is 2. The van der Waals surface area contributed by atoms with Crippen molar-refractivity contribution < 1.29 is 14.3 Å². The van der Waals surface area contributed by atoms with E-state index in [9.17, 15) is 9.59 Å². The van der Waals surface area contributed by atoms with Crippen molar-refractivity contribution in [1.82, 2.24) is 10.2 Å². The predicted octanol–water partition coefficient (Wildman–Crippen LogP) is 2.48. The minimum Gasteiger partial charge on any atom is -0.381 e. The summed E-state index contributed by atoms with van der Waals surface area (Å²) in [5, 5.41) is 2.97. The largest absolute Gasteiger partial charge is 0.381 e. The van der Waals surface area contributed by atoms with Crippen LogP contribution >= 0.6 is 0 Å². The number of benzene rings is 1. The number of nitrogens with zero attached hydrogens (tertiary/aromatic N) is 1. The Balaban J connectivity index is 1.54. The molecule has 1 atom stereocenters. The maximum atomic E-state index is 12.4. The SMILES string of the molecule is CCN(CC1CCOC1)C(=O)C=Cc1ccc(C(=O)NC2CC2)cc1. The molecule has 134 valence electrons. The van der Waals surface area contributed by atoms with Crippen LogP contribution in [0.3, 0.4) is 0 Å². The summed E-state index contributed by atoms with van der Waals surface area (Å²) in [5.41, 5.74) is 1.57. The summed E-state index contributed by atoms with van der Waals surface area (Å²) in [6, 6.07) is 7.69. The quantitative estimate of drug-likeness (QED) is 0.775. The number of amides is 2. The Morgan fingerprint density at radius 3 is 2.60 bits per heavy atom. The number of likely N-dealkylation sites (N-methyl/N-ethyl adjacent to an activating group) is 1. The van der Waals surface area contributed by atoms with Crippen LogP contribution in [0.25, 0.3) is 6.08 Å². The summed E-state index contributed by atoms with van der Waals surface area (Å²) in [7, 11) is 0. The lowest BCUT2D eigenvalue weighted by molar-refractivity contribution is -0.126. The molecule has 2 fully saturated rings. The first kappa shape index (κ1) is 17.7. The first-order valence-corrected chi connectivity index (χ1v) is 9.11. The number of carbonyl (C=O) groups excluding carboxylic acids is 2. The van der Waals surface area contributed by atoms with Crippen LogP contribution in [0.15, 0.2) is 30.3 Å². The molecule has 25 heavy (non-hydrogen) atoms. The number of ether oxygens (including phenoxy) is 1. The number of nitrogens with one attached hydrogen (secondary N) is 1. The lowest BCUT2D eigenvalue weighted by Crippen LogP contribution is -2.34. The monoisotopic (exact) mass is 342 g/mol. The Morgan fingerprint density at radius 1 is 1.24 bits per heavy atom. The van der Waals surface area contributed by atoms with Gasteiger partial charge in [0.25, 0.3) is 5.91 Å². The van der Waals surface area contributed by atoms with Crippen LogP contribution in [-0.4, -0.2) is 49.1 Å². The molecule has 0 spiro atoms. The molecule has 1 aromatic rings. The van der Waals surface area contributed by atoms with E-state index in [1.165, 1.54) is 0 Å². The fraction of sp³-hybridized carbons (Fsp3) is 0.500. The Hall–Kier alpha value is -2.14. The zero-order valence-corrected chi connectivity index (χ0v) is 14.7. The molecule has 2 aliphatic rings. The standard InChI is InChI=1S/C20H26N2O3/c1-2-22(13-16-11-12-25-14-16)19(23)10-5-15-3-6-17(7-4-15)20(24)21-18-8-9-18/h3-7,10,16,18H,2,8-9,11-14H2,1H3,(H,21,24). The zero-order valence-electron chi connectivity index (χ0n) is 14.7. The molecule has 0 radical (unpaired) electrons. The van der Waals surface area contributed by atoms with Gasteiger partial charge in [-0.15, -0.1) is 0 Å². The Kier molecular flexibility index (Phi) is 5.87. The van der Waals surface area contributed by atoms with E-state index < -0.39 is 0 Å². The topological polar surface area (TPSA) is 58.6 Å². The molecule has 1 aromatic carbocycles. The fourth-order valence-electron chi connectivity index (χ4n) is 2.93. The van der Waals surface area contributed by atoms with E-state index in [4.69, 9.17) is 4.74 Å². The van der Waals surface area contributed by atoms with Crippen LogP contribution in [0.2, 0.25) is 0 Å². The fourth-order valence-corrected chi connectivity index (χ4v) is 2.93. The number of hydrogen-bond acceptors (Lipinski definition) is 3. The van der Waals surface area contributed by atoms with E-state index in [1.807, 2.05) is 24.0 Å². The average molecular weight is 342 g/mol. The van der Waals surface area contributed by atoms with E-state index in [0.29, 0.717) is 24.1 Å². The van der Waals surface area contributed by atoms with Crippen LogP contribution in [0.1, 0.15) is 42.1 Å². The lowest BCUT2D eigenvalue weighted by atomic mass is 10.1. The highest BCUT2D eigenvalue weighted by atomic mass is 16.5. The third-order valence-corrected chi connectivity index (χ3v) is 4.70. The van der Waals surface area contributed by atoms with E-state index >= 15 is 0 Å². The second-order valence-corrected chi connectivity index (χ2v) is 6.81. The molecule has 3 rings (SSSR count). The molecule has 1 unspecified atom stereocenters. The maximum Gasteiger partial charge on any atom is 0.251 e. The van der Waals surface area contributed by atoms with Gasteiger partial charge in [0, 0.05) is 43.3 Å². The van der Waals surface area contributed by atoms with E-state index in [2.05, 4.69) is 5.32 Å². The third kappa shape index (κ3) is 5.16. The molecular weight excluding hydrogens is 316 g/mol. The molecular formula is C20H26N2O3. The summed E-state index contributed by atoms with van der Waals surface area (Å²) >= 11 is 0. The van der Waals surface area contributed by atoms with Crippen molar-refractivity contribution in [2.75, 3.05) is 26.3 Å². The highest BCUT2D eigenvalue weighted by molar-refractivity contribution is 5.95. The van der Waals surface area contributed by atoms with Crippen molar-refractivity contribution in [3.05, 3.63) is 41.5 Å². The van der Waals surface area contributed by atoms with Crippen LogP contribution < -0.4 is 5.32 Å². The average Bonchev–Trinajstić information content (AvgIpc) is 3.29. The molecule has 1 N–H and O–H groups in total. The van der Waals surface area contributed by atoms with Gasteiger partial charge in [-0.05, 0) is 50.0 Å². The third-order valence-electron chi connectivity index (χ3n) is 4.70. The van der Waals surface area contributed by atoms with Gasteiger partial charge in [-0.1, -0.05) is 12.1 Å². The van der Waals surface area contributed by atoms with Gasteiger partial charge in [0.1, 0.15) is 0 Å². The van der Waals surface area contributed by atoms with Gasteiger partial charge in [0.15, 0.2) is 0 Å². The summed E-state index contributed by atoms with van der Waals surface area (Å²) in [6.07, 6.45) is 6.60. The predicted molar refractivity (Wildman–Crippen MR) is 97.1 cm³/mol. The minimum atomic E-state index is -0.0231. The van der Waals surface area contributed by atoms with Crippen LogP contribution in [0.5, 0.6) is 0 Å². The smallest absolute Gasteiger partial charge is 0.251 e. The molecule has 0 aromatic heterocycles. The van der Waals surface area contributed by atoms with Crippen molar-refractivity contribution >= 4 is 17.9 Å². The molecule has 1 saturated heterocycles. The second-order valence-electron chi connectivity index (χ2n) is 6.81. The molecule has 5 nitrogen and oxygen atoms in total. The molecule has 1 aliphatic heterocycles. The summed E-state index contributed by atoms with van der Waals surface area (Å²) < 4.78 is 5.38. The highest BCUT2D eigenvalue weighted by Gasteiger charge is 2.23. The van der Waals surface area contributed by atoms with Crippen molar-refractivity contribution in [2.24, 2.45) is 5.92 Å². The van der Waals surface area contributed by atoms with E-state index in [1.54, 1.807) is 24.3 Å². The van der Waals surface area contributed by atoms with Gasteiger partial charge < -0.3 is 15.0 Å². The first-order chi connectivity index (χ1) is 12.2. The van der Waals surface area contributed by atoms with Crippen molar-refractivity contribution in [3.63, 3.8) is 0 Å². The van der Waals surface area contributed by atoms with Gasteiger partial charge >= 0.3 is 0 Å². The van der Waals surface area contributed by atoms with Gasteiger partial charge in [-0.2, -0.15) is 0 Å². The molecule has 0 bridgehead atoms. The molecule has 1 saturated carbocycles. The lowest BCUT2D eigenvalue weighted by Gasteiger charge is -2.22. The molecule has 1 aliphatic carbocycles. The van der Waals surface area contributed by atoms with Gasteiger partial charge in [0.05, 0.1) is 6.61 Å². The first-order valence-electron chi connectivity index (χ1n) is 9.11. The van der Waals surface area contributed by atoms with Crippen LogP contribution in [-0.2, 0) is 9.53 Å². The highest BCUT2D eigenvalue weighted by Crippen LogP contribution is 2.19. The zero-order chi connectivity index (χ0) is 17.6. The summed E-state index contributed by atoms with van der Waals surface area (Å²) in [6.45, 7) is 4.99. The van der Waals surface area contributed by atoms with Crippen molar-refractivity contribution in [1.29, 1.82) is 0 Å². The normalized spacial score (nSPS) is 20.0. The van der Waals surface area contributed by atoms with Crippen molar-refractivity contribution in [3.8, 4) is 0 Å². The molecule has 1 heterocycles. The Morgan fingerprint density at radius 2 is 2.00 bits per heavy atom. The maximum absolute atomic E-state index is 12.4. The summed E-state index contributed by atoms with van der Waals surface area (Å²) in [5.74, 6) is 0.441. The molecule has 5 heteroatoms. The van der Waals surface area contributed by atoms with Crippen molar-refractivity contribution in [2.45, 2.75) is 32.2 Å². The number of rotatable bonds is 7. The van der Waals surface area contributed by atoms with Gasteiger partial charge in [-0.3, -0.25) is 9.59 Å². The Labute approximate surface area is 149 Å². The molecule has 2 amide bonds. The van der Waals surface area contributed by atoms with Gasteiger partial charge in [0.2, 0.25) is 5.91 Å². The minimum absolute atomic E-state index is 0.0185. The van der Waals surface area contributed by atoms with Crippen LogP contribution in [0, 0.1) is 5.92 Å². The second kappa shape index (κ2) is 8.30. The Bertz CT molecular complexity index is 629. The van der Waals surface area contributed by atoms with Gasteiger partial charge in [-0.25, -0.2) is 0 Å². The van der Waals surface area contributed by atoms with E-state index in [0.717, 1.165) is 44.6 Å². The summed E-state index contributed by atoms with van der Waals surface area (Å²) in [4.78, 5) is 26.2.